The van der Waals surface area contributed by atoms with Crippen LogP contribution in [0.2, 0.25) is 0 Å². The molecule has 3 rings (SSSR count). The fourth-order valence-corrected chi connectivity index (χ4v) is 4.08. The smallest absolute Gasteiger partial charge is 0.0366 e. The normalized spacial score (nSPS) is 21.6. The Balaban J connectivity index is 1.52. The molecule has 1 N–H and O–H groups in total. The van der Waals surface area contributed by atoms with E-state index in [1.54, 1.807) is 0 Å². The third kappa shape index (κ3) is 3.17. The van der Waals surface area contributed by atoms with E-state index in [1.807, 2.05) is 0 Å². The van der Waals surface area contributed by atoms with Gasteiger partial charge in [0.25, 0.3) is 0 Å². The van der Waals surface area contributed by atoms with Gasteiger partial charge in [0.1, 0.15) is 0 Å². The molecule has 1 aromatic carbocycles. The van der Waals surface area contributed by atoms with Crippen LogP contribution in [-0.2, 0) is 5.41 Å². The average molecular weight is 300 g/mol. The molecule has 1 spiro atoms. The van der Waals surface area contributed by atoms with Gasteiger partial charge in [0.05, 0.1) is 0 Å². The van der Waals surface area contributed by atoms with Gasteiger partial charge in [0.2, 0.25) is 0 Å². The van der Waals surface area contributed by atoms with Gasteiger partial charge in [0.15, 0.2) is 0 Å². The maximum absolute atomic E-state index is 3.74. The SMILES string of the molecule is CC(C)(C)NC1CC2(C1)CN(c1ccc(C(C)(C)C)cc1)C2. The van der Waals surface area contributed by atoms with Crippen LogP contribution in [0.3, 0.4) is 0 Å². The molecule has 0 radical (unpaired) electrons. The summed E-state index contributed by atoms with van der Waals surface area (Å²) in [7, 11) is 0. The third-order valence-corrected chi connectivity index (χ3v) is 5.15. The number of anilines is 1. The quantitative estimate of drug-likeness (QED) is 0.874. The van der Waals surface area contributed by atoms with Crippen LogP contribution >= 0.6 is 0 Å². The zero-order chi connectivity index (χ0) is 16.2. The second kappa shape index (κ2) is 4.99. The summed E-state index contributed by atoms with van der Waals surface area (Å²) in [5.41, 5.74) is 3.91. The largest absolute Gasteiger partial charge is 0.370 e. The monoisotopic (exact) mass is 300 g/mol. The van der Waals surface area contributed by atoms with E-state index < -0.39 is 0 Å². The predicted molar refractivity (Wildman–Crippen MR) is 95.7 cm³/mol. The van der Waals surface area contributed by atoms with Gasteiger partial charge in [-0.1, -0.05) is 32.9 Å². The second-order valence-electron chi connectivity index (χ2n) is 9.65. The van der Waals surface area contributed by atoms with Crippen molar-refractivity contribution in [2.45, 2.75) is 71.4 Å². The molecule has 1 aliphatic heterocycles. The molecule has 2 aliphatic rings. The molecule has 122 valence electrons. The van der Waals surface area contributed by atoms with E-state index in [9.17, 15) is 0 Å². The highest BCUT2D eigenvalue weighted by molar-refractivity contribution is 5.52. The van der Waals surface area contributed by atoms with Gasteiger partial charge in [-0.05, 0) is 56.7 Å². The van der Waals surface area contributed by atoms with E-state index in [-0.39, 0.29) is 11.0 Å². The van der Waals surface area contributed by atoms with Gasteiger partial charge < -0.3 is 10.2 Å². The van der Waals surface area contributed by atoms with Crippen molar-refractivity contribution in [3.05, 3.63) is 29.8 Å². The summed E-state index contributed by atoms with van der Waals surface area (Å²) >= 11 is 0. The van der Waals surface area contributed by atoms with Crippen LogP contribution in [0.15, 0.2) is 24.3 Å². The summed E-state index contributed by atoms with van der Waals surface area (Å²) in [6.07, 6.45) is 2.70. The Morgan fingerprint density at radius 2 is 1.50 bits per heavy atom. The first-order chi connectivity index (χ1) is 10.1. The third-order valence-electron chi connectivity index (χ3n) is 5.15. The topological polar surface area (TPSA) is 15.3 Å². The summed E-state index contributed by atoms with van der Waals surface area (Å²) in [5.74, 6) is 0. The Morgan fingerprint density at radius 3 is 1.95 bits per heavy atom. The molecule has 1 aliphatic carbocycles. The molecular weight excluding hydrogens is 268 g/mol. The minimum absolute atomic E-state index is 0.245. The number of hydrogen-bond donors (Lipinski definition) is 1. The highest BCUT2D eigenvalue weighted by Gasteiger charge is 2.52. The van der Waals surface area contributed by atoms with Crippen molar-refractivity contribution >= 4 is 5.69 Å². The van der Waals surface area contributed by atoms with Crippen molar-refractivity contribution in [1.29, 1.82) is 0 Å². The molecule has 0 bridgehead atoms. The van der Waals surface area contributed by atoms with Gasteiger partial charge in [0, 0.05) is 35.8 Å². The maximum atomic E-state index is 3.74. The Hall–Kier alpha value is -1.02. The number of benzene rings is 1. The minimum Gasteiger partial charge on any atom is -0.370 e. The first kappa shape index (κ1) is 15.9. The van der Waals surface area contributed by atoms with Gasteiger partial charge in [-0.3, -0.25) is 0 Å². The summed E-state index contributed by atoms with van der Waals surface area (Å²) in [6.45, 7) is 16.1. The molecule has 0 aromatic heterocycles. The Labute approximate surface area is 136 Å². The van der Waals surface area contributed by atoms with Crippen LogP contribution in [0, 0.1) is 5.41 Å². The first-order valence-electron chi connectivity index (χ1n) is 8.70. The highest BCUT2D eigenvalue weighted by Crippen LogP contribution is 2.50. The number of hydrogen-bond acceptors (Lipinski definition) is 2. The lowest BCUT2D eigenvalue weighted by molar-refractivity contribution is 0.0366. The Morgan fingerprint density at radius 1 is 0.955 bits per heavy atom. The average Bonchev–Trinajstić information content (AvgIpc) is 2.28. The van der Waals surface area contributed by atoms with E-state index in [0.717, 1.165) is 6.04 Å². The predicted octanol–water partition coefficient (Wildman–Crippen LogP) is 4.34. The molecule has 1 saturated carbocycles. The first-order valence-corrected chi connectivity index (χ1v) is 8.70. The fraction of sp³-hybridized carbons (Fsp3) is 0.700. The van der Waals surface area contributed by atoms with Crippen molar-refractivity contribution in [1.82, 2.24) is 5.32 Å². The Kier molecular flexibility index (Phi) is 3.60. The van der Waals surface area contributed by atoms with Gasteiger partial charge in [-0.2, -0.15) is 0 Å². The van der Waals surface area contributed by atoms with Crippen molar-refractivity contribution in [2.24, 2.45) is 5.41 Å². The van der Waals surface area contributed by atoms with Crippen LogP contribution in [-0.4, -0.2) is 24.7 Å². The molecule has 22 heavy (non-hydrogen) atoms. The summed E-state index contributed by atoms with van der Waals surface area (Å²) in [4.78, 5) is 2.54. The fourth-order valence-electron chi connectivity index (χ4n) is 4.08. The summed E-state index contributed by atoms with van der Waals surface area (Å²) in [5, 5.41) is 3.74. The van der Waals surface area contributed by atoms with Crippen LogP contribution in [0.1, 0.15) is 59.9 Å². The van der Waals surface area contributed by atoms with Gasteiger partial charge >= 0.3 is 0 Å². The van der Waals surface area contributed by atoms with Crippen LogP contribution in [0.5, 0.6) is 0 Å². The molecule has 2 nitrogen and oxygen atoms in total. The molecule has 1 heterocycles. The van der Waals surface area contributed by atoms with Crippen molar-refractivity contribution in [3.8, 4) is 0 Å². The van der Waals surface area contributed by atoms with E-state index in [1.165, 1.54) is 37.2 Å². The van der Waals surface area contributed by atoms with Crippen LogP contribution in [0.25, 0.3) is 0 Å². The van der Waals surface area contributed by atoms with Crippen molar-refractivity contribution < 1.29 is 0 Å². The number of nitrogens with zero attached hydrogens (tertiary/aromatic N) is 1. The lowest BCUT2D eigenvalue weighted by Gasteiger charge is -2.61. The second-order valence-corrected chi connectivity index (χ2v) is 9.65. The highest BCUT2D eigenvalue weighted by atomic mass is 15.2. The van der Waals surface area contributed by atoms with E-state index in [4.69, 9.17) is 0 Å². The number of rotatable bonds is 2. The Bertz CT molecular complexity index is 516. The maximum Gasteiger partial charge on any atom is 0.0366 e. The van der Waals surface area contributed by atoms with Gasteiger partial charge in [-0.25, -0.2) is 0 Å². The molecule has 0 atom stereocenters. The lowest BCUT2D eigenvalue weighted by Crippen LogP contribution is -2.67. The molecule has 1 aromatic rings. The zero-order valence-corrected chi connectivity index (χ0v) is 15.2. The molecule has 2 heteroatoms. The van der Waals surface area contributed by atoms with Crippen LogP contribution in [0.4, 0.5) is 5.69 Å². The summed E-state index contributed by atoms with van der Waals surface area (Å²) in [6, 6.07) is 9.93. The molecule has 0 amide bonds. The number of nitrogens with one attached hydrogen (secondary N) is 1. The van der Waals surface area contributed by atoms with Crippen LogP contribution < -0.4 is 10.2 Å². The van der Waals surface area contributed by atoms with E-state index >= 15 is 0 Å². The summed E-state index contributed by atoms with van der Waals surface area (Å²) < 4.78 is 0. The molecule has 2 fully saturated rings. The van der Waals surface area contributed by atoms with Crippen molar-refractivity contribution in [3.63, 3.8) is 0 Å². The standard InChI is InChI=1S/C20H32N2/c1-18(2,3)15-7-9-17(10-8-15)22-13-20(14-22)11-16(12-20)21-19(4,5)6/h7-10,16,21H,11-14H2,1-6H3. The minimum atomic E-state index is 0.245. The molecular formula is C20H32N2. The van der Waals surface area contributed by atoms with Gasteiger partial charge in [-0.15, -0.1) is 0 Å². The molecule has 1 saturated heterocycles. The lowest BCUT2D eigenvalue weighted by atomic mass is 9.60. The van der Waals surface area contributed by atoms with E-state index in [0.29, 0.717) is 5.41 Å². The zero-order valence-electron chi connectivity index (χ0n) is 15.2. The molecule has 0 unspecified atom stereocenters. The van der Waals surface area contributed by atoms with Crippen molar-refractivity contribution in [2.75, 3.05) is 18.0 Å². The van der Waals surface area contributed by atoms with E-state index in [2.05, 4.69) is 76.0 Å².